The van der Waals surface area contributed by atoms with Gasteiger partial charge in [-0.3, -0.25) is 0 Å². The molecule has 0 bridgehead atoms. The number of ether oxygens (including phenoxy) is 1. The molecule has 6 heteroatoms. The van der Waals surface area contributed by atoms with Crippen LogP contribution in [0.15, 0.2) is 0 Å². The van der Waals surface area contributed by atoms with Crippen molar-refractivity contribution in [3.63, 3.8) is 0 Å². The first kappa shape index (κ1) is 8.96. The van der Waals surface area contributed by atoms with Gasteiger partial charge in [0.15, 0.2) is 0 Å². The molecule has 0 aliphatic carbocycles. The van der Waals surface area contributed by atoms with Gasteiger partial charge in [-0.1, -0.05) is 14.5 Å². The molecule has 1 radical (unpaired) electrons. The first-order valence-corrected chi connectivity index (χ1v) is 6.46. The van der Waals surface area contributed by atoms with Crippen LogP contribution in [0.3, 0.4) is 0 Å². The molecule has 0 spiro atoms. The molecule has 1 rings (SSSR count). The average molecular weight is 226 g/mol. The first-order chi connectivity index (χ1) is 7.06. The van der Waals surface area contributed by atoms with Gasteiger partial charge in [0.25, 0.3) is 0 Å². The predicted octanol–water partition coefficient (Wildman–Crippen LogP) is 1.82. The van der Waals surface area contributed by atoms with Crippen molar-refractivity contribution in [3.05, 3.63) is 0 Å². The minimum Gasteiger partial charge on any atom is -0.369 e. The molecule has 13 heavy (non-hydrogen) atoms. The Hall–Kier alpha value is 0.695. The van der Waals surface area contributed by atoms with E-state index in [-0.39, 0.29) is 24.7 Å². The Bertz CT molecular complexity index is 208. The monoisotopic (exact) mass is 226 g/mol. The van der Waals surface area contributed by atoms with E-state index in [1.54, 1.807) is 13.8 Å². The van der Waals surface area contributed by atoms with Crippen molar-refractivity contribution >= 4 is 26.8 Å². The lowest BCUT2D eigenvalue weighted by atomic mass is 10.0. The van der Waals surface area contributed by atoms with E-state index >= 15 is 0 Å². The third kappa shape index (κ3) is 3.09. The fourth-order valence-corrected chi connectivity index (χ4v) is 2.05. The molecule has 4 unspecified atom stereocenters. The predicted molar refractivity (Wildman–Crippen MR) is 57.4 cm³/mol. The fraction of sp³-hybridized carbons (Fsp3) is 1.00. The molecule has 1 aliphatic rings. The van der Waals surface area contributed by atoms with Crippen LogP contribution in [0.25, 0.3) is 0 Å². The van der Waals surface area contributed by atoms with Crippen molar-refractivity contribution in [1.29, 1.82) is 2.61 Å². The van der Waals surface area contributed by atoms with Gasteiger partial charge in [-0.15, -0.1) is 0 Å². The van der Waals surface area contributed by atoms with Gasteiger partial charge in [0.05, 0.1) is 20.1 Å². The maximum atomic E-state index is 13.4. The molecule has 0 aromatic heterocycles. The Morgan fingerprint density at radius 2 is 2.69 bits per heavy atom. The number of hydrogen-bond acceptors (Lipinski definition) is 3. The Kier molecular flexibility index (Phi) is 3.82. The number of hydrogen-bond donors (Lipinski definition) is 0. The van der Waals surface area contributed by atoms with Gasteiger partial charge >= 0.3 is 0 Å². The SMILES string of the molecule is [2H]P([B][3H])SOCC1OC(C)C(F)[C@@H]1C. The van der Waals surface area contributed by atoms with Crippen LogP contribution in [-0.4, -0.2) is 35.1 Å². The van der Waals surface area contributed by atoms with Crippen LogP contribution in [0.2, 0.25) is 0 Å². The van der Waals surface area contributed by atoms with Gasteiger partial charge in [-0.2, -0.15) is 0 Å². The van der Waals surface area contributed by atoms with Crippen molar-refractivity contribution in [2.75, 3.05) is 6.61 Å². The van der Waals surface area contributed by atoms with Gasteiger partial charge in [0, 0.05) is 17.6 Å². The average Bonchev–Trinajstić information content (AvgIpc) is 2.46. The molecule has 0 aromatic rings. The maximum Gasteiger partial charge on any atom is 0.137 e. The molecule has 0 amide bonds. The lowest BCUT2D eigenvalue weighted by Crippen LogP contribution is -2.22. The standard InChI is InChI=1S/C7H14BFO2PS/c1-4-6(3-10-13-12-8)11-5(2)7(4)9/h4-8,12H,3H2,1-2H3/t4-,5?,6?,7?,12?/m1/s1/i8T,12D. The molecule has 0 N–H and O–H groups in total. The summed E-state index contributed by atoms with van der Waals surface area (Å²) in [7, 11) is -0.257. The zero-order valence-electron chi connectivity index (χ0n) is 9.64. The molecular weight excluding hydrogens is 209 g/mol. The molecule has 1 fully saturated rings. The summed E-state index contributed by atoms with van der Waals surface area (Å²) >= 11 is 0.954. The normalized spacial score (nSPS) is 43.9. The molecule has 1 saturated heterocycles. The van der Waals surface area contributed by atoms with Crippen molar-refractivity contribution in [2.24, 2.45) is 5.92 Å². The topological polar surface area (TPSA) is 18.5 Å². The Balaban J connectivity index is 2.22. The molecule has 1 aliphatic heterocycles. The Morgan fingerprint density at radius 1 is 1.92 bits per heavy atom. The van der Waals surface area contributed by atoms with Crippen LogP contribution in [0.5, 0.6) is 0 Å². The van der Waals surface area contributed by atoms with Crippen molar-refractivity contribution in [2.45, 2.75) is 32.2 Å². The van der Waals surface area contributed by atoms with Gasteiger partial charge in [0.2, 0.25) is 0 Å². The lowest BCUT2D eigenvalue weighted by molar-refractivity contribution is 0.0152. The molecule has 0 aromatic carbocycles. The second kappa shape index (κ2) is 5.55. The molecular formula is C7H14BFO2PS. The van der Waals surface area contributed by atoms with Crippen LogP contribution in [-0.2, 0) is 8.92 Å². The molecule has 2 nitrogen and oxygen atoms in total. The second-order valence-corrected chi connectivity index (χ2v) is 4.82. The van der Waals surface area contributed by atoms with Crippen molar-refractivity contribution < 1.29 is 13.3 Å². The maximum absolute atomic E-state index is 13.4. The zero-order chi connectivity index (χ0) is 11.4. The highest BCUT2D eigenvalue weighted by atomic mass is 32.7. The molecule has 5 atom stereocenters. The third-order valence-corrected chi connectivity index (χ3v) is 3.16. The highest BCUT2D eigenvalue weighted by Crippen LogP contribution is 2.32. The summed E-state index contributed by atoms with van der Waals surface area (Å²) in [6.45, 7) is 3.79. The van der Waals surface area contributed by atoms with Crippen LogP contribution in [0.4, 0.5) is 4.39 Å². The third-order valence-electron chi connectivity index (χ3n) is 2.25. The van der Waals surface area contributed by atoms with Crippen LogP contribution in [0, 0.1) is 5.92 Å². The highest BCUT2D eigenvalue weighted by molar-refractivity contribution is 8.53. The largest absolute Gasteiger partial charge is 0.369 e. The number of halogens is 1. The first-order valence-electron chi connectivity index (χ1n) is 5.17. The minimum atomic E-state index is -1.30. The highest BCUT2D eigenvalue weighted by Gasteiger charge is 2.39. The van der Waals surface area contributed by atoms with Crippen LogP contribution < -0.4 is 0 Å². The van der Waals surface area contributed by atoms with Crippen molar-refractivity contribution in [1.82, 2.24) is 0 Å². The fourth-order valence-electron chi connectivity index (χ4n) is 1.43. The van der Waals surface area contributed by atoms with Crippen molar-refractivity contribution in [3.8, 4) is 0 Å². The summed E-state index contributed by atoms with van der Waals surface area (Å²) in [4.78, 5) is 0. The van der Waals surface area contributed by atoms with E-state index in [4.69, 9.17) is 11.5 Å². The number of alkyl halides is 1. The minimum absolute atomic E-state index is 0.169. The summed E-state index contributed by atoms with van der Waals surface area (Å²) in [5, 5.41) is 0. The quantitative estimate of drug-likeness (QED) is 0.404. The Labute approximate surface area is 88.1 Å². The molecule has 0 saturated carbocycles. The smallest absolute Gasteiger partial charge is 0.137 e. The summed E-state index contributed by atoms with van der Waals surface area (Å²) in [5.74, 6) is -0.169. The van der Waals surface area contributed by atoms with E-state index < -0.39 is 13.8 Å². The zero-order valence-corrected chi connectivity index (χ0v) is 9.35. The van der Waals surface area contributed by atoms with Gasteiger partial charge in [-0.05, 0) is 8.26 Å². The summed E-state index contributed by atoms with van der Waals surface area (Å²) in [6.07, 6.45) is -1.56. The van der Waals surface area contributed by atoms with E-state index in [1.807, 2.05) is 0 Å². The molecule has 75 valence electrons. The van der Waals surface area contributed by atoms with Gasteiger partial charge < -0.3 is 8.92 Å². The van der Waals surface area contributed by atoms with E-state index in [0.29, 0.717) is 0 Å². The van der Waals surface area contributed by atoms with Gasteiger partial charge in [-0.25, -0.2) is 4.39 Å². The van der Waals surface area contributed by atoms with Gasteiger partial charge in [0.1, 0.15) is 13.7 Å². The summed E-state index contributed by atoms with van der Waals surface area (Å²) in [5.41, 5.74) is 0. The van der Waals surface area contributed by atoms with E-state index in [9.17, 15) is 4.39 Å². The van der Waals surface area contributed by atoms with E-state index in [0.717, 1.165) is 19.2 Å². The van der Waals surface area contributed by atoms with E-state index in [1.165, 1.54) is 0 Å². The summed E-state index contributed by atoms with van der Waals surface area (Å²) < 4.78 is 38.0. The number of rotatable bonds is 5. The lowest BCUT2D eigenvalue weighted by Gasteiger charge is -2.13. The summed E-state index contributed by atoms with van der Waals surface area (Å²) in [6, 6.07) is 0. The van der Waals surface area contributed by atoms with E-state index in [2.05, 4.69) is 0 Å². The Morgan fingerprint density at radius 3 is 3.23 bits per heavy atom. The second-order valence-electron chi connectivity index (χ2n) is 3.15. The van der Waals surface area contributed by atoms with Crippen LogP contribution >= 0.6 is 19.3 Å². The molecule has 1 heterocycles. The van der Waals surface area contributed by atoms with Crippen LogP contribution in [0.1, 0.15) is 13.8 Å².